The molecule has 0 bridgehead atoms. The Bertz CT molecular complexity index is 886. The van der Waals surface area contributed by atoms with Gasteiger partial charge in [0.05, 0.1) is 11.4 Å². The Kier molecular flexibility index (Phi) is 4.40. The van der Waals surface area contributed by atoms with E-state index in [2.05, 4.69) is 5.32 Å². The van der Waals surface area contributed by atoms with Crippen LogP contribution < -0.4 is 10.2 Å². The average molecular weight is 344 g/mol. The van der Waals surface area contributed by atoms with Crippen molar-refractivity contribution in [3.05, 3.63) is 78.9 Å². The van der Waals surface area contributed by atoms with E-state index in [1.165, 1.54) is 0 Å². The molecule has 0 fully saturated rings. The maximum atomic E-state index is 13.2. The third-order valence-electron chi connectivity index (χ3n) is 4.85. The van der Waals surface area contributed by atoms with Gasteiger partial charge in [-0.25, -0.2) is 0 Å². The molecule has 2 aromatic carbocycles. The highest BCUT2D eigenvalue weighted by Gasteiger charge is 2.33. The Morgan fingerprint density at radius 2 is 1.65 bits per heavy atom. The lowest BCUT2D eigenvalue weighted by molar-refractivity contribution is -0.120. The van der Waals surface area contributed by atoms with Gasteiger partial charge in [0.1, 0.15) is 6.04 Å². The fourth-order valence-corrected chi connectivity index (χ4v) is 3.51. The second-order valence-electron chi connectivity index (χ2n) is 6.55. The third-order valence-corrected chi connectivity index (χ3v) is 4.85. The lowest BCUT2D eigenvalue weighted by Gasteiger charge is -2.35. The highest BCUT2D eigenvalue weighted by molar-refractivity contribution is 6.10. The highest BCUT2D eigenvalue weighted by Crippen LogP contribution is 2.37. The molecular weight excluding hydrogens is 324 g/mol. The Morgan fingerprint density at radius 1 is 0.885 bits per heavy atom. The third kappa shape index (κ3) is 3.06. The summed E-state index contributed by atoms with van der Waals surface area (Å²) in [5.74, 6) is -0.0225. The number of amides is 1. The number of hydrogen-bond acceptors (Lipinski definition) is 3. The van der Waals surface area contributed by atoms with Gasteiger partial charge in [-0.1, -0.05) is 48.6 Å². The van der Waals surface area contributed by atoms with Crippen LogP contribution in [0.3, 0.4) is 0 Å². The Balaban J connectivity index is 1.60. The molecule has 1 aliphatic heterocycles. The van der Waals surface area contributed by atoms with Crippen LogP contribution in [-0.4, -0.2) is 17.7 Å². The van der Waals surface area contributed by atoms with E-state index in [4.69, 9.17) is 0 Å². The van der Waals surface area contributed by atoms with Crippen LogP contribution in [0.25, 0.3) is 0 Å². The van der Waals surface area contributed by atoms with Crippen LogP contribution in [0, 0.1) is 5.92 Å². The Hall–Kier alpha value is -3.14. The second-order valence-corrected chi connectivity index (χ2v) is 6.55. The normalized spacial score (nSPS) is 21.5. The zero-order valence-electron chi connectivity index (χ0n) is 14.3. The zero-order chi connectivity index (χ0) is 17.9. The Morgan fingerprint density at radius 3 is 2.46 bits per heavy atom. The highest BCUT2D eigenvalue weighted by atomic mass is 16.2. The van der Waals surface area contributed by atoms with Crippen molar-refractivity contribution in [3.63, 3.8) is 0 Å². The van der Waals surface area contributed by atoms with E-state index in [0.717, 1.165) is 17.1 Å². The van der Waals surface area contributed by atoms with Gasteiger partial charge in [-0.3, -0.25) is 14.5 Å². The first-order valence-electron chi connectivity index (χ1n) is 8.87. The summed E-state index contributed by atoms with van der Waals surface area (Å²) < 4.78 is 0. The molecule has 2 aromatic rings. The van der Waals surface area contributed by atoms with E-state index in [1.54, 1.807) is 17.1 Å². The van der Waals surface area contributed by atoms with E-state index >= 15 is 0 Å². The largest absolute Gasteiger partial charge is 0.372 e. The summed E-state index contributed by atoms with van der Waals surface area (Å²) in [5.41, 5.74) is 2.65. The van der Waals surface area contributed by atoms with Gasteiger partial charge >= 0.3 is 0 Å². The molecule has 2 atom stereocenters. The second kappa shape index (κ2) is 7.00. The van der Waals surface area contributed by atoms with Gasteiger partial charge in [0.25, 0.3) is 5.91 Å². The quantitative estimate of drug-likeness (QED) is 0.903. The van der Waals surface area contributed by atoms with Crippen molar-refractivity contribution in [2.75, 3.05) is 10.2 Å². The van der Waals surface area contributed by atoms with E-state index in [-0.39, 0.29) is 23.7 Å². The number of fused-ring (bicyclic) bond motifs is 1. The molecule has 0 spiro atoms. The molecule has 2 unspecified atom stereocenters. The molecule has 1 N–H and O–H groups in total. The number of para-hydroxylation sites is 3. The average Bonchev–Trinajstić information content (AvgIpc) is 2.68. The van der Waals surface area contributed by atoms with Crippen molar-refractivity contribution in [1.82, 2.24) is 0 Å². The van der Waals surface area contributed by atoms with Gasteiger partial charge in [-0.15, -0.1) is 0 Å². The maximum absolute atomic E-state index is 13.2. The van der Waals surface area contributed by atoms with Crippen LogP contribution in [0.2, 0.25) is 0 Å². The number of nitrogens with zero attached hydrogens (tertiary/aromatic N) is 1. The van der Waals surface area contributed by atoms with Crippen LogP contribution >= 0.6 is 0 Å². The number of rotatable bonds is 4. The fourth-order valence-electron chi connectivity index (χ4n) is 3.51. The molecule has 130 valence electrons. The number of carbonyl (C=O) groups is 2. The summed E-state index contributed by atoms with van der Waals surface area (Å²) >= 11 is 0. The molecular formula is C22H20N2O2. The van der Waals surface area contributed by atoms with Gasteiger partial charge in [-0.2, -0.15) is 0 Å². The van der Waals surface area contributed by atoms with E-state index in [9.17, 15) is 9.59 Å². The summed E-state index contributed by atoms with van der Waals surface area (Å²) in [5, 5.41) is 3.36. The Labute approximate surface area is 152 Å². The van der Waals surface area contributed by atoms with E-state index in [0.29, 0.717) is 12.8 Å². The lowest BCUT2D eigenvalue weighted by Crippen LogP contribution is -2.45. The maximum Gasteiger partial charge on any atom is 0.254 e. The van der Waals surface area contributed by atoms with Gasteiger partial charge in [0.2, 0.25) is 0 Å². The summed E-state index contributed by atoms with van der Waals surface area (Å²) in [6.45, 7) is 0. The standard InChI is InChI=1S/C22H20N2O2/c25-21-13-7-4-8-16(21)14-15-19-22(26)24(17-9-2-1-3-10-17)20-12-6-5-11-18(20)23-19/h1-13,16,19,23H,14-15H2. The smallest absolute Gasteiger partial charge is 0.254 e. The minimum atomic E-state index is -0.350. The molecule has 4 heteroatoms. The first-order chi connectivity index (χ1) is 12.7. The molecule has 1 aliphatic carbocycles. The summed E-state index contributed by atoms with van der Waals surface area (Å²) in [4.78, 5) is 26.9. The number of allylic oxidation sites excluding steroid dienone is 4. The molecule has 1 heterocycles. The van der Waals surface area contributed by atoms with Crippen LogP contribution in [0.5, 0.6) is 0 Å². The number of ketones is 1. The SMILES string of the molecule is O=C1C=CC=CC1CCC1Nc2ccccc2N(c2ccccc2)C1=O. The monoisotopic (exact) mass is 344 g/mol. The minimum absolute atomic E-state index is 0.0117. The summed E-state index contributed by atoms with van der Waals surface area (Å²) in [6, 6.07) is 17.2. The molecule has 4 rings (SSSR count). The lowest BCUT2D eigenvalue weighted by atomic mass is 9.91. The van der Waals surface area contributed by atoms with Crippen molar-refractivity contribution in [1.29, 1.82) is 0 Å². The zero-order valence-corrected chi connectivity index (χ0v) is 14.3. The van der Waals surface area contributed by atoms with Crippen molar-refractivity contribution in [2.45, 2.75) is 18.9 Å². The summed E-state index contributed by atoms with van der Waals surface area (Å²) in [7, 11) is 0. The predicted molar refractivity (Wildman–Crippen MR) is 103 cm³/mol. The predicted octanol–water partition coefficient (Wildman–Crippen LogP) is 4.24. The first kappa shape index (κ1) is 16.3. The van der Waals surface area contributed by atoms with Crippen molar-refractivity contribution >= 4 is 28.8 Å². The summed E-state index contributed by atoms with van der Waals surface area (Å²) in [6.07, 6.45) is 8.42. The van der Waals surface area contributed by atoms with Crippen LogP contribution in [-0.2, 0) is 9.59 Å². The van der Waals surface area contributed by atoms with E-state index in [1.807, 2.05) is 66.7 Å². The van der Waals surface area contributed by atoms with Crippen molar-refractivity contribution < 1.29 is 9.59 Å². The minimum Gasteiger partial charge on any atom is -0.372 e. The molecule has 0 saturated heterocycles. The number of benzene rings is 2. The molecule has 0 aromatic heterocycles. The number of anilines is 3. The molecule has 0 radical (unpaired) electrons. The van der Waals surface area contributed by atoms with Gasteiger partial charge in [-0.05, 0) is 43.2 Å². The van der Waals surface area contributed by atoms with Crippen LogP contribution in [0.1, 0.15) is 12.8 Å². The first-order valence-corrected chi connectivity index (χ1v) is 8.87. The van der Waals surface area contributed by atoms with Crippen molar-refractivity contribution in [2.24, 2.45) is 5.92 Å². The van der Waals surface area contributed by atoms with Gasteiger partial charge in [0.15, 0.2) is 5.78 Å². The fraction of sp³-hybridized carbons (Fsp3) is 0.182. The molecule has 4 nitrogen and oxygen atoms in total. The number of hydrogen-bond donors (Lipinski definition) is 1. The van der Waals surface area contributed by atoms with Crippen molar-refractivity contribution in [3.8, 4) is 0 Å². The van der Waals surface area contributed by atoms with Gasteiger partial charge < -0.3 is 5.32 Å². The van der Waals surface area contributed by atoms with Gasteiger partial charge in [0, 0.05) is 11.6 Å². The molecule has 1 amide bonds. The van der Waals surface area contributed by atoms with Crippen LogP contribution in [0.4, 0.5) is 17.1 Å². The molecule has 2 aliphatic rings. The van der Waals surface area contributed by atoms with Crippen LogP contribution in [0.15, 0.2) is 78.9 Å². The van der Waals surface area contributed by atoms with E-state index < -0.39 is 0 Å². The topological polar surface area (TPSA) is 49.4 Å². The number of carbonyl (C=O) groups excluding carboxylic acids is 2. The molecule has 0 saturated carbocycles. The molecule has 26 heavy (non-hydrogen) atoms. The number of nitrogens with one attached hydrogen (secondary N) is 1.